The zero-order chi connectivity index (χ0) is 14.5. The van der Waals surface area contributed by atoms with E-state index in [0.717, 1.165) is 35.8 Å². The molecule has 0 amide bonds. The van der Waals surface area contributed by atoms with Crippen LogP contribution in [0.1, 0.15) is 31.2 Å². The quantitative estimate of drug-likeness (QED) is 0.674. The number of nitrogens with zero attached hydrogens (tertiary/aromatic N) is 2. The molecule has 0 aliphatic carbocycles. The Hall–Kier alpha value is -0.980. The Morgan fingerprint density at radius 3 is 2.85 bits per heavy atom. The van der Waals surface area contributed by atoms with Gasteiger partial charge in [-0.15, -0.1) is 0 Å². The molecule has 1 unspecified atom stereocenters. The van der Waals surface area contributed by atoms with Crippen LogP contribution in [0.3, 0.4) is 0 Å². The second-order valence-corrected chi connectivity index (χ2v) is 6.04. The summed E-state index contributed by atoms with van der Waals surface area (Å²) in [4.78, 5) is 12.6. The average Bonchev–Trinajstić information content (AvgIpc) is 2.65. The fraction of sp³-hybridized carbons (Fsp3) is 0.571. The maximum absolute atomic E-state index is 10.7. The molecule has 1 atom stereocenters. The Labute approximate surface area is 126 Å². The maximum Gasteiger partial charge on any atom is 0.270 e. The molecule has 0 saturated carbocycles. The normalized spacial score (nSPS) is 20.6. The number of hydrogen-bond donors (Lipinski definition) is 1. The van der Waals surface area contributed by atoms with Crippen LogP contribution in [0, 0.1) is 10.1 Å². The molecule has 6 heteroatoms. The Morgan fingerprint density at radius 2 is 2.20 bits per heavy atom. The van der Waals surface area contributed by atoms with E-state index >= 15 is 0 Å². The van der Waals surface area contributed by atoms with Crippen molar-refractivity contribution in [1.82, 2.24) is 4.90 Å². The third kappa shape index (κ3) is 3.77. The first-order valence-corrected chi connectivity index (χ1v) is 7.69. The van der Waals surface area contributed by atoms with Gasteiger partial charge in [0.2, 0.25) is 0 Å². The molecule has 1 saturated heterocycles. The van der Waals surface area contributed by atoms with Crippen LogP contribution in [0.5, 0.6) is 0 Å². The number of non-ortho nitro benzene ring substituents is 1. The first kappa shape index (κ1) is 15.4. The predicted molar refractivity (Wildman–Crippen MR) is 80.5 cm³/mol. The smallest absolute Gasteiger partial charge is 0.270 e. The number of aliphatic hydroxyl groups is 1. The Kier molecular flexibility index (Phi) is 5.51. The highest BCUT2D eigenvalue weighted by molar-refractivity contribution is 9.10. The number of nitro groups is 1. The molecule has 2 rings (SSSR count). The number of hydrogen-bond acceptors (Lipinski definition) is 4. The first-order valence-electron chi connectivity index (χ1n) is 6.89. The van der Waals surface area contributed by atoms with Gasteiger partial charge in [0, 0.05) is 29.2 Å². The molecule has 20 heavy (non-hydrogen) atoms. The fourth-order valence-electron chi connectivity index (χ4n) is 2.65. The van der Waals surface area contributed by atoms with Gasteiger partial charge in [-0.2, -0.15) is 0 Å². The molecule has 0 radical (unpaired) electrons. The zero-order valence-electron chi connectivity index (χ0n) is 11.3. The Balaban J connectivity index is 2.13. The molecule has 1 N–H and O–H groups in total. The van der Waals surface area contributed by atoms with E-state index in [-0.39, 0.29) is 18.3 Å². The highest BCUT2D eigenvalue weighted by atomic mass is 79.9. The predicted octanol–water partition coefficient (Wildman–Crippen LogP) is 3.09. The van der Waals surface area contributed by atoms with E-state index in [1.165, 1.54) is 12.5 Å². The van der Waals surface area contributed by atoms with Gasteiger partial charge < -0.3 is 5.11 Å². The lowest BCUT2D eigenvalue weighted by Gasteiger charge is -2.28. The van der Waals surface area contributed by atoms with Crippen LogP contribution in [0.15, 0.2) is 22.7 Å². The molecule has 1 heterocycles. The Morgan fingerprint density at radius 1 is 1.40 bits per heavy atom. The summed E-state index contributed by atoms with van der Waals surface area (Å²) in [5.74, 6) is 0. The maximum atomic E-state index is 10.7. The lowest BCUT2D eigenvalue weighted by atomic mass is 10.1. The fourth-order valence-corrected chi connectivity index (χ4v) is 3.14. The molecule has 1 aromatic carbocycles. The van der Waals surface area contributed by atoms with Gasteiger partial charge in [-0.25, -0.2) is 0 Å². The summed E-state index contributed by atoms with van der Waals surface area (Å²) in [6.45, 7) is 1.85. The molecule has 5 nitrogen and oxygen atoms in total. The number of nitro benzene ring substituents is 1. The van der Waals surface area contributed by atoms with Crippen molar-refractivity contribution in [3.8, 4) is 0 Å². The lowest BCUT2D eigenvalue weighted by Crippen LogP contribution is -2.37. The van der Waals surface area contributed by atoms with E-state index in [0.29, 0.717) is 6.54 Å². The molecule has 1 fully saturated rings. The lowest BCUT2D eigenvalue weighted by molar-refractivity contribution is -0.384. The zero-order valence-corrected chi connectivity index (χ0v) is 12.9. The van der Waals surface area contributed by atoms with Gasteiger partial charge >= 0.3 is 0 Å². The van der Waals surface area contributed by atoms with Crippen molar-refractivity contribution in [2.24, 2.45) is 0 Å². The number of aliphatic hydroxyl groups excluding tert-OH is 1. The van der Waals surface area contributed by atoms with Crippen LogP contribution in [-0.2, 0) is 6.54 Å². The van der Waals surface area contributed by atoms with Crippen molar-refractivity contribution in [2.45, 2.75) is 38.3 Å². The van der Waals surface area contributed by atoms with E-state index in [4.69, 9.17) is 0 Å². The van der Waals surface area contributed by atoms with Crippen molar-refractivity contribution < 1.29 is 10.0 Å². The minimum absolute atomic E-state index is 0.0928. The molecule has 0 aromatic heterocycles. The topological polar surface area (TPSA) is 66.6 Å². The first-order chi connectivity index (χ1) is 9.61. The second kappa shape index (κ2) is 7.15. The number of rotatable bonds is 4. The summed E-state index contributed by atoms with van der Waals surface area (Å²) in [5.41, 5.74) is 1.12. The SMILES string of the molecule is O=[N+]([O-])c1ccc(CN2CCCCCC2CO)c(Br)c1. The number of likely N-dealkylation sites (tertiary alicyclic amines) is 1. The molecular formula is C14H19BrN2O3. The Bertz CT molecular complexity index is 481. The van der Waals surface area contributed by atoms with Crippen molar-refractivity contribution in [1.29, 1.82) is 0 Å². The van der Waals surface area contributed by atoms with Gasteiger partial charge in [0.25, 0.3) is 5.69 Å². The summed E-state index contributed by atoms with van der Waals surface area (Å²) in [6, 6.07) is 5.06. The summed E-state index contributed by atoms with van der Waals surface area (Å²) >= 11 is 3.41. The standard InChI is InChI=1S/C14H19BrN2O3/c15-14-8-12(17(19)20)6-5-11(14)9-16-7-3-1-2-4-13(16)10-18/h5-6,8,13,18H,1-4,7,9-10H2. The van der Waals surface area contributed by atoms with Crippen LogP contribution in [0.2, 0.25) is 0 Å². The minimum Gasteiger partial charge on any atom is -0.395 e. The summed E-state index contributed by atoms with van der Waals surface area (Å²) in [7, 11) is 0. The van der Waals surface area contributed by atoms with Gasteiger partial charge in [0.1, 0.15) is 0 Å². The van der Waals surface area contributed by atoms with Crippen LogP contribution >= 0.6 is 15.9 Å². The molecule has 1 aliphatic rings. The molecule has 0 spiro atoms. The van der Waals surface area contributed by atoms with Gasteiger partial charge in [-0.3, -0.25) is 15.0 Å². The molecular weight excluding hydrogens is 324 g/mol. The third-order valence-electron chi connectivity index (χ3n) is 3.83. The molecule has 1 aliphatic heterocycles. The van der Waals surface area contributed by atoms with Crippen LogP contribution in [0.25, 0.3) is 0 Å². The van der Waals surface area contributed by atoms with E-state index in [9.17, 15) is 15.2 Å². The monoisotopic (exact) mass is 342 g/mol. The van der Waals surface area contributed by atoms with Gasteiger partial charge in [-0.1, -0.05) is 28.8 Å². The van der Waals surface area contributed by atoms with E-state index < -0.39 is 4.92 Å². The van der Waals surface area contributed by atoms with Gasteiger partial charge in [-0.05, 0) is 31.0 Å². The highest BCUT2D eigenvalue weighted by Gasteiger charge is 2.21. The van der Waals surface area contributed by atoms with Crippen LogP contribution < -0.4 is 0 Å². The molecule has 0 bridgehead atoms. The van der Waals surface area contributed by atoms with Crippen molar-refractivity contribution >= 4 is 21.6 Å². The van der Waals surface area contributed by atoms with Gasteiger partial charge in [0.05, 0.1) is 11.5 Å². The summed E-state index contributed by atoms with van der Waals surface area (Å²) < 4.78 is 0.757. The summed E-state index contributed by atoms with van der Waals surface area (Å²) in [6.07, 6.45) is 4.51. The third-order valence-corrected chi connectivity index (χ3v) is 4.57. The van der Waals surface area contributed by atoms with Crippen molar-refractivity contribution in [3.63, 3.8) is 0 Å². The molecule has 1 aromatic rings. The molecule has 110 valence electrons. The number of benzene rings is 1. The van der Waals surface area contributed by atoms with Gasteiger partial charge in [0.15, 0.2) is 0 Å². The van der Waals surface area contributed by atoms with Crippen LogP contribution in [-0.4, -0.2) is 34.1 Å². The minimum atomic E-state index is -0.392. The van der Waals surface area contributed by atoms with E-state index in [2.05, 4.69) is 20.8 Å². The van der Waals surface area contributed by atoms with Crippen molar-refractivity contribution in [3.05, 3.63) is 38.3 Å². The second-order valence-electron chi connectivity index (χ2n) is 5.19. The van der Waals surface area contributed by atoms with E-state index in [1.807, 2.05) is 0 Å². The van der Waals surface area contributed by atoms with Crippen molar-refractivity contribution in [2.75, 3.05) is 13.2 Å². The average molecular weight is 343 g/mol. The largest absolute Gasteiger partial charge is 0.395 e. The summed E-state index contributed by atoms with van der Waals surface area (Å²) in [5, 5.41) is 20.2. The van der Waals surface area contributed by atoms with E-state index in [1.54, 1.807) is 12.1 Å². The number of halogens is 1. The van der Waals surface area contributed by atoms with Crippen LogP contribution in [0.4, 0.5) is 5.69 Å². The highest BCUT2D eigenvalue weighted by Crippen LogP contribution is 2.26.